The van der Waals surface area contributed by atoms with Crippen LogP contribution in [-0.4, -0.2) is 163 Å². The summed E-state index contributed by atoms with van der Waals surface area (Å²) in [6.45, 7) is 20.5. The number of aliphatic hydroxyl groups is 2. The van der Waals surface area contributed by atoms with Crippen LogP contribution in [0.3, 0.4) is 0 Å². The number of aliphatic hydroxyl groups excluding tert-OH is 2. The van der Waals surface area contributed by atoms with Crippen LogP contribution < -0.4 is 30.7 Å². The summed E-state index contributed by atoms with van der Waals surface area (Å²) in [6.07, 6.45) is 5.43. The molecule has 4 aliphatic rings. The molecular formula is C100H100Cl2N20O10S4. The molecule has 6 aromatic carbocycles. The van der Waals surface area contributed by atoms with E-state index >= 15 is 4.79 Å². The number of hydrogen-bond acceptors (Lipinski definition) is 24. The van der Waals surface area contributed by atoms with Crippen LogP contribution in [0.15, 0.2) is 191 Å². The normalized spacial score (nSPS) is 17.4. The van der Waals surface area contributed by atoms with Gasteiger partial charge >= 0.3 is 0 Å². The number of hydrogen-bond donors (Lipinski definition) is 6. The standard InChI is InChI=1S/C100H100Cl2N20O10S4/c1-53(2)89(119-49-76(45-109-119)131-74-32-16-64(17-33-74)41-103-83(125)39-79-93-115-113-60(9)121(93)99-85(55(4)58(7)135-99)87(111-79)66-24-28-70(101)29-25-66)97(129)117-47-72(123)37-81(117)95(127)105-44-63-14-22-69(23-15-63)92-78(108-52-134-92)36-11-54(3)90(98(130)118-48-73(124)38-82(118)96(128)106-43-62-12-20-68(21-13-62)91-57(6)107-51-133-91)120-50-77(46-110-120)132-75-34-18-65(19-35-75)42-104-84(126)40-80-94-116-114-61(10)122(94)100-86(56(5)59(8)136-100)88(112-80)67-26-30-71(102)31-27-67/h12-35,45-46,49-54,72-73,79-82,89-90,123-124H,11,36-44,47-48H2,1-10H3,(H,103,125)(H,104,126)(H,105,127)(H,106,128)/t54?,72-,73-,79+,80+,81+,82+,89-,90+/m1/s1. The summed E-state index contributed by atoms with van der Waals surface area (Å²) in [5.74, 6) is 1.44. The number of amides is 6. The second-order valence-electron chi connectivity index (χ2n) is 35.2. The third-order valence-electron chi connectivity index (χ3n) is 25.5. The van der Waals surface area contributed by atoms with Gasteiger partial charge in [0.2, 0.25) is 35.4 Å². The molecule has 8 aromatic heterocycles. The third-order valence-corrected chi connectivity index (χ3v) is 30.3. The van der Waals surface area contributed by atoms with Crippen LogP contribution in [0.4, 0.5) is 0 Å². The van der Waals surface area contributed by atoms with Crippen molar-refractivity contribution in [3.05, 3.63) is 292 Å². The van der Waals surface area contributed by atoms with Crippen molar-refractivity contribution in [2.45, 2.75) is 182 Å². The number of carbonyl (C=O) groups excluding carboxylic acids is 6. The monoisotopic (exact) mass is 1940 g/mol. The molecule has 0 bridgehead atoms. The first-order valence-corrected chi connectivity index (χ1v) is 49.2. The Balaban J connectivity index is 0.498. The number of nitrogens with one attached hydrogen (secondary N) is 4. The number of benzene rings is 6. The number of halogens is 2. The first-order chi connectivity index (χ1) is 65.6. The Morgan fingerprint density at radius 2 is 0.875 bits per heavy atom. The summed E-state index contributed by atoms with van der Waals surface area (Å²) in [7, 11) is 0. The fourth-order valence-electron chi connectivity index (χ4n) is 18.1. The van der Waals surface area contributed by atoms with E-state index in [9.17, 15) is 34.2 Å². The van der Waals surface area contributed by atoms with Gasteiger partial charge in [0.25, 0.3) is 0 Å². The number of fused-ring (bicyclic) bond motifs is 6. The number of aliphatic imine (C=N–C) groups is 2. The molecule has 1 unspecified atom stereocenters. The molecule has 30 nitrogen and oxygen atoms in total. The molecule has 9 atom stereocenters. The van der Waals surface area contributed by atoms with Gasteiger partial charge in [-0.1, -0.05) is 141 Å². The fourth-order valence-corrected chi connectivity index (χ4v) is 22.4. The zero-order chi connectivity index (χ0) is 95.0. The van der Waals surface area contributed by atoms with Crippen molar-refractivity contribution in [3.8, 4) is 53.9 Å². The van der Waals surface area contributed by atoms with Crippen LogP contribution in [0.25, 0.3) is 30.9 Å². The van der Waals surface area contributed by atoms with E-state index in [1.165, 1.54) is 38.2 Å². The summed E-state index contributed by atoms with van der Waals surface area (Å²) >= 11 is 19.0. The molecule has 2 fully saturated rings. The minimum absolute atomic E-state index is 0.00745. The van der Waals surface area contributed by atoms with Crippen LogP contribution in [0.1, 0.15) is 177 Å². The predicted octanol–water partition coefficient (Wildman–Crippen LogP) is 16.4. The average Bonchev–Trinajstić information content (AvgIpc) is 1.59. The average molecular weight is 1940 g/mol. The number of likely N-dealkylation sites (tertiary alicyclic amines) is 2. The maximum atomic E-state index is 15.5. The Morgan fingerprint density at radius 3 is 1.31 bits per heavy atom. The van der Waals surface area contributed by atoms with Crippen LogP contribution in [0, 0.1) is 60.3 Å². The van der Waals surface area contributed by atoms with E-state index in [1.807, 2.05) is 178 Å². The smallest absolute Gasteiger partial charge is 0.248 e. The summed E-state index contributed by atoms with van der Waals surface area (Å²) in [4.78, 5) is 114. The van der Waals surface area contributed by atoms with Crippen LogP contribution >= 0.6 is 68.5 Å². The summed E-state index contributed by atoms with van der Waals surface area (Å²) in [5, 5.41) is 65.1. The van der Waals surface area contributed by atoms with E-state index in [1.54, 1.807) is 80.9 Å². The number of thiophene rings is 2. The van der Waals surface area contributed by atoms with E-state index in [2.05, 4.69) is 79.4 Å². The van der Waals surface area contributed by atoms with Gasteiger partial charge in [-0.05, 0) is 166 Å². The van der Waals surface area contributed by atoms with Gasteiger partial charge in [-0.15, -0.1) is 65.7 Å². The Morgan fingerprint density at radius 1 is 0.478 bits per heavy atom. The largest absolute Gasteiger partial charge is 0.454 e. The molecule has 14 aromatic rings. The van der Waals surface area contributed by atoms with Crippen molar-refractivity contribution in [2.24, 2.45) is 21.8 Å². The molecule has 18 rings (SSSR count). The Bertz CT molecular complexity index is 6880. The van der Waals surface area contributed by atoms with Gasteiger partial charge in [0.15, 0.2) is 23.1 Å². The molecule has 4 aliphatic heterocycles. The lowest BCUT2D eigenvalue weighted by Crippen LogP contribution is -2.49. The second-order valence-corrected chi connectivity index (χ2v) is 40.2. The highest BCUT2D eigenvalue weighted by Gasteiger charge is 2.46. The molecule has 6 amide bonds. The van der Waals surface area contributed by atoms with Gasteiger partial charge < -0.3 is 50.8 Å². The van der Waals surface area contributed by atoms with Crippen LogP contribution in [-0.2, 0) is 61.4 Å². The molecule has 0 saturated carbocycles. The first-order valence-electron chi connectivity index (χ1n) is 45.0. The third kappa shape index (κ3) is 19.9. The number of rotatable bonds is 31. The quantitative estimate of drug-likeness (QED) is 0.0235. The number of aryl methyl sites for hydroxylation is 6. The maximum Gasteiger partial charge on any atom is 0.248 e. The van der Waals surface area contributed by atoms with E-state index in [0.29, 0.717) is 69.2 Å². The lowest BCUT2D eigenvalue weighted by atomic mass is 9.93. The number of ether oxygens (including phenoxy) is 2. The van der Waals surface area contributed by atoms with Crippen molar-refractivity contribution in [2.75, 3.05) is 13.1 Å². The van der Waals surface area contributed by atoms with Gasteiger partial charge in [-0.2, -0.15) is 10.2 Å². The fraction of sp³-hybridized carbons (Fsp3) is 0.320. The predicted molar refractivity (Wildman–Crippen MR) is 523 cm³/mol. The first kappa shape index (κ1) is 93.3. The van der Waals surface area contributed by atoms with E-state index < -0.39 is 72.1 Å². The van der Waals surface area contributed by atoms with Crippen molar-refractivity contribution in [3.63, 3.8) is 0 Å². The molecule has 0 radical (unpaired) electrons. The molecule has 2 saturated heterocycles. The Kier molecular flexibility index (Phi) is 27.5. The topological polar surface area (TPSA) is 363 Å². The van der Waals surface area contributed by atoms with Crippen molar-refractivity contribution in [1.82, 2.24) is 90.1 Å². The molecule has 36 heteroatoms. The SMILES string of the molecule is Cc1ncsc1-c1ccc(CNC(=O)[C@@H]2C[C@@H](O)CN2C(=O)[C@H](C(C)CCc2ncsc2-c2ccc(CNC(=O)[C@@H]3C[C@@H](O)CN3C(=O)[C@@H](C(C)C)n3cc(Oc4ccc(CNC(=O)C[C@@H]5N=C(c6ccc(Cl)cc6)c6c(sc(C)c6C)-n6c(C)nnc65)cc4)cn3)cc2)n2cc(Oc3ccc(CNC(=O)C[C@@H]4N=C(c5ccc(Cl)cc5)c5c(sc(C)c5C)-n5c(C)nnc54)cc3)cn2)cc1. The molecule has 0 spiro atoms. The van der Waals surface area contributed by atoms with E-state index in [0.717, 1.165) is 119 Å². The van der Waals surface area contributed by atoms with Crippen molar-refractivity contribution >= 4 is 115 Å². The highest BCUT2D eigenvalue weighted by atomic mass is 35.5. The van der Waals surface area contributed by atoms with Crippen LogP contribution in [0.2, 0.25) is 10.0 Å². The number of β-amino-alcohol motifs (C(OH)–C–C–N with tert-alkyl or cyclic N) is 2. The lowest BCUT2D eigenvalue weighted by molar-refractivity contribution is -0.142. The molecular weight excluding hydrogens is 1840 g/mol. The number of aromatic nitrogens is 12. The molecule has 136 heavy (non-hydrogen) atoms. The number of thiazole rings is 2. The Hall–Kier alpha value is -13.1. The minimum Gasteiger partial charge on any atom is -0.454 e. The highest BCUT2D eigenvalue weighted by molar-refractivity contribution is 7.15. The van der Waals surface area contributed by atoms with Gasteiger partial charge in [-0.3, -0.25) is 57.2 Å². The minimum atomic E-state index is -0.986. The summed E-state index contributed by atoms with van der Waals surface area (Å²) in [6, 6.07) is 40.3. The van der Waals surface area contributed by atoms with Gasteiger partial charge in [0.1, 0.15) is 69.4 Å². The molecule has 12 heterocycles. The maximum absolute atomic E-state index is 15.5. The number of carbonyl (C=O) groups is 6. The zero-order valence-electron chi connectivity index (χ0n) is 76.3. The lowest BCUT2D eigenvalue weighted by Gasteiger charge is -2.31. The van der Waals surface area contributed by atoms with Gasteiger partial charge in [-0.25, -0.2) is 9.97 Å². The molecule has 0 aliphatic carbocycles. The zero-order valence-corrected chi connectivity index (χ0v) is 81.1. The van der Waals surface area contributed by atoms with Gasteiger partial charge in [0.05, 0.1) is 93.4 Å². The molecule has 6 N–H and O–H groups in total. The molecule has 698 valence electrons. The van der Waals surface area contributed by atoms with Gasteiger partial charge in [0, 0.05) is 94.2 Å². The van der Waals surface area contributed by atoms with Crippen LogP contribution in [0.5, 0.6) is 23.0 Å². The van der Waals surface area contributed by atoms with Crippen molar-refractivity contribution < 1.29 is 48.5 Å². The Labute approximate surface area is 811 Å². The van der Waals surface area contributed by atoms with E-state index in [-0.39, 0.29) is 88.6 Å². The summed E-state index contributed by atoms with van der Waals surface area (Å²) in [5.41, 5.74) is 17.9. The summed E-state index contributed by atoms with van der Waals surface area (Å²) < 4.78 is 19.8. The highest BCUT2D eigenvalue weighted by Crippen LogP contribution is 2.44. The second kappa shape index (κ2) is 40.1. The van der Waals surface area contributed by atoms with E-state index in [4.69, 9.17) is 52.7 Å². The van der Waals surface area contributed by atoms with Crippen molar-refractivity contribution in [1.29, 1.82) is 0 Å². The number of nitrogens with zero attached hydrogens (tertiary/aromatic N) is 16.